The van der Waals surface area contributed by atoms with E-state index in [1.165, 1.54) is 6.07 Å². The number of nitrogens with one attached hydrogen (secondary N) is 1. The molecule has 0 atom stereocenters. The average Bonchev–Trinajstić information content (AvgIpc) is 2.34. The molecule has 0 bridgehead atoms. The molecule has 0 saturated heterocycles. The average molecular weight is 303 g/mol. The van der Waals surface area contributed by atoms with Crippen LogP contribution in [0.2, 0.25) is 0 Å². The molecule has 0 radical (unpaired) electrons. The molecule has 1 rings (SSSR count). The number of alkyl halides is 3. The van der Waals surface area contributed by atoms with Crippen molar-refractivity contribution >= 4 is 6.08 Å². The maximum Gasteiger partial charge on any atom is 0.419 e. The first-order chi connectivity index (χ1) is 9.61. The molecule has 0 heterocycles. The van der Waals surface area contributed by atoms with Crippen LogP contribution in [0.5, 0.6) is 0 Å². The molecule has 118 valence electrons. The lowest BCUT2D eigenvalue weighted by Crippen LogP contribution is -2.26. The first-order valence-corrected chi connectivity index (χ1v) is 6.92. The molecule has 0 fully saturated rings. The van der Waals surface area contributed by atoms with Crippen LogP contribution in [0, 0.1) is 11.7 Å². The topological polar surface area (TPSA) is 12.0 Å². The summed E-state index contributed by atoms with van der Waals surface area (Å²) >= 11 is 0. The van der Waals surface area contributed by atoms with Crippen molar-refractivity contribution < 1.29 is 17.6 Å². The van der Waals surface area contributed by atoms with Gasteiger partial charge in [0.05, 0.1) is 5.56 Å². The molecule has 5 heteroatoms. The van der Waals surface area contributed by atoms with Crippen LogP contribution in [0.3, 0.4) is 0 Å². The largest absolute Gasteiger partial charge is 0.419 e. The highest BCUT2D eigenvalue weighted by Crippen LogP contribution is 2.32. The minimum atomic E-state index is -4.68. The number of rotatable bonds is 5. The van der Waals surface area contributed by atoms with Gasteiger partial charge >= 0.3 is 6.18 Å². The minimum Gasteiger partial charge on any atom is -0.311 e. The molecule has 0 unspecified atom stereocenters. The number of benzene rings is 1. The Bertz CT molecular complexity index is 501. The van der Waals surface area contributed by atoms with Crippen molar-refractivity contribution in [1.29, 1.82) is 0 Å². The molecule has 0 saturated carbocycles. The lowest BCUT2D eigenvalue weighted by molar-refractivity contribution is -0.140. The van der Waals surface area contributed by atoms with Gasteiger partial charge in [-0.25, -0.2) is 4.39 Å². The maximum atomic E-state index is 13.3. The fourth-order valence-electron chi connectivity index (χ4n) is 1.81. The molecule has 1 aromatic rings. The van der Waals surface area contributed by atoms with Gasteiger partial charge in [0.1, 0.15) is 5.82 Å². The van der Waals surface area contributed by atoms with E-state index in [9.17, 15) is 17.6 Å². The number of hydrogen-bond donors (Lipinski definition) is 1. The van der Waals surface area contributed by atoms with E-state index in [4.69, 9.17) is 0 Å². The highest BCUT2D eigenvalue weighted by Gasteiger charge is 2.34. The predicted molar refractivity (Wildman–Crippen MR) is 77.4 cm³/mol. The summed E-state index contributed by atoms with van der Waals surface area (Å²) in [6.45, 7) is 8.54. The smallest absolute Gasteiger partial charge is 0.311 e. The van der Waals surface area contributed by atoms with E-state index in [0.717, 1.165) is 17.7 Å². The standard InChI is InChI=1S/C16H21F4N/c1-10(2)13(9-21-11(3)4)7-12-5-6-15(17)14(8-12)16(18,19)20/h5-8,10-11,21H,9H2,1-4H3/b13-7-. The molecule has 21 heavy (non-hydrogen) atoms. The van der Waals surface area contributed by atoms with Gasteiger partial charge < -0.3 is 5.32 Å². The zero-order valence-corrected chi connectivity index (χ0v) is 12.7. The maximum absolute atomic E-state index is 13.3. The van der Waals surface area contributed by atoms with Gasteiger partial charge in [0.15, 0.2) is 0 Å². The Morgan fingerprint density at radius 2 is 1.81 bits per heavy atom. The second-order valence-electron chi connectivity index (χ2n) is 5.65. The molecular weight excluding hydrogens is 282 g/mol. The van der Waals surface area contributed by atoms with Crippen molar-refractivity contribution in [2.45, 2.75) is 39.9 Å². The van der Waals surface area contributed by atoms with Crippen LogP contribution in [0.15, 0.2) is 23.8 Å². The molecule has 0 aliphatic carbocycles. The Hall–Kier alpha value is -1.36. The summed E-state index contributed by atoms with van der Waals surface area (Å²) in [7, 11) is 0. The highest BCUT2D eigenvalue weighted by molar-refractivity contribution is 5.55. The van der Waals surface area contributed by atoms with Gasteiger partial charge in [-0.2, -0.15) is 13.2 Å². The zero-order valence-electron chi connectivity index (χ0n) is 12.7. The van der Waals surface area contributed by atoms with Crippen LogP contribution in [0.4, 0.5) is 17.6 Å². The van der Waals surface area contributed by atoms with Gasteiger partial charge in [-0.05, 0) is 23.6 Å². The summed E-state index contributed by atoms with van der Waals surface area (Å²) in [5.41, 5.74) is 0.109. The van der Waals surface area contributed by atoms with E-state index < -0.39 is 17.6 Å². The summed E-state index contributed by atoms with van der Waals surface area (Å²) in [6, 6.07) is 3.36. The highest BCUT2D eigenvalue weighted by atomic mass is 19.4. The fraction of sp³-hybridized carbons (Fsp3) is 0.500. The van der Waals surface area contributed by atoms with Crippen LogP contribution in [0.1, 0.15) is 38.8 Å². The van der Waals surface area contributed by atoms with Crippen LogP contribution in [-0.4, -0.2) is 12.6 Å². The minimum absolute atomic E-state index is 0.190. The van der Waals surface area contributed by atoms with Gasteiger partial charge in [-0.1, -0.05) is 45.4 Å². The van der Waals surface area contributed by atoms with Crippen LogP contribution < -0.4 is 5.32 Å². The molecule has 0 aliphatic rings. The van der Waals surface area contributed by atoms with Crippen molar-refractivity contribution in [3.05, 3.63) is 40.7 Å². The quantitative estimate of drug-likeness (QED) is 0.764. The van der Waals surface area contributed by atoms with E-state index in [1.807, 2.05) is 27.7 Å². The lowest BCUT2D eigenvalue weighted by atomic mass is 9.99. The second-order valence-corrected chi connectivity index (χ2v) is 5.65. The van der Waals surface area contributed by atoms with E-state index in [0.29, 0.717) is 12.1 Å². The first kappa shape index (κ1) is 17.7. The predicted octanol–water partition coefficient (Wildman–Crippen LogP) is 4.88. The van der Waals surface area contributed by atoms with Crippen LogP contribution >= 0.6 is 0 Å². The molecule has 1 nitrogen and oxygen atoms in total. The third kappa shape index (κ3) is 5.50. The first-order valence-electron chi connectivity index (χ1n) is 6.92. The molecule has 0 aliphatic heterocycles. The van der Waals surface area contributed by atoms with E-state index in [1.54, 1.807) is 6.08 Å². The Morgan fingerprint density at radius 3 is 2.29 bits per heavy atom. The summed E-state index contributed by atoms with van der Waals surface area (Å²) in [6.07, 6.45) is -2.99. The molecule has 0 amide bonds. The Kier molecular flexibility index (Phi) is 5.96. The van der Waals surface area contributed by atoms with Gasteiger partial charge in [-0.15, -0.1) is 0 Å². The summed E-state index contributed by atoms with van der Waals surface area (Å²) in [4.78, 5) is 0. The normalized spacial score (nSPS) is 13.3. The van der Waals surface area contributed by atoms with Gasteiger partial charge in [0.25, 0.3) is 0 Å². The Balaban J connectivity index is 3.10. The lowest BCUT2D eigenvalue weighted by Gasteiger charge is -2.15. The molecule has 0 aromatic heterocycles. The SMILES string of the molecule is CC(C)NC/C(=C/c1ccc(F)c(C(F)(F)F)c1)C(C)C. The van der Waals surface area contributed by atoms with Crippen LogP contribution in [-0.2, 0) is 6.18 Å². The Labute approximate surface area is 123 Å². The van der Waals surface area contributed by atoms with E-state index in [-0.39, 0.29) is 12.0 Å². The fourth-order valence-corrected chi connectivity index (χ4v) is 1.81. The van der Waals surface area contributed by atoms with E-state index in [2.05, 4.69) is 5.32 Å². The van der Waals surface area contributed by atoms with Crippen LogP contribution in [0.25, 0.3) is 6.08 Å². The number of halogens is 4. The van der Waals surface area contributed by atoms with Crippen molar-refractivity contribution in [3.8, 4) is 0 Å². The van der Waals surface area contributed by atoms with Gasteiger partial charge in [-0.3, -0.25) is 0 Å². The monoisotopic (exact) mass is 303 g/mol. The van der Waals surface area contributed by atoms with Gasteiger partial charge in [0, 0.05) is 12.6 Å². The third-order valence-corrected chi connectivity index (χ3v) is 3.10. The van der Waals surface area contributed by atoms with Gasteiger partial charge in [0.2, 0.25) is 0 Å². The zero-order chi connectivity index (χ0) is 16.2. The van der Waals surface area contributed by atoms with E-state index >= 15 is 0 Å². The van der Waals surface area contributed by atoms with Crippen molar-refractivity contribution in [2.75, 3.05) is 6.54 Å². The summed E-state index contributed by atoms with van der Waals surface area (Å²) in [5.74, 6) is -1.05. The third-order valence-electron chi connectivity index (χ3n) is 3.10. The van der Waals surface area contributed by atoms with Crippen molar-refractivity contribution in [2.24, 2.45) is 5.92 Å². The number of hydrogen-bond acceptors (Lipinski definition) is 1. The van der Waals surface area contributed by atoms with Crippen molar-refractivity contribution in [1.82, 2.24) is 5.32 Å². The molecule has 0 spiro atoms. The Morgan fingerprint density at radius 1 is 1.19 bits per heavy atom. The molecular formula is C16H21F4N. The summed E-state index contributed by atoms with van der Waals surface area (Å²) < 4.78 is 51.4. The van der Waals surface area contributed by atoms with Crippen molar-refractivity contribution in [3.63, 3.8) is 0 Å². The molecule has 1 N–H and O–H groups in total. The summed E-state index contributed by atoms with van der Waals surface area (Å²) in [5, 5.41) is 3.24. The second kappa shape index (κ2) is 7.07. The molecule has 1 aromatic carbocycles.